The number of likely N-dealkylation sites (tertiary alicyclic amines) is 1. The third-order valence-electron chi connectivity index (χ3n) is 6.50. The highest BCUT2D eigenvalue weighted by Crippen LogP contribution is 2.29. The van der Waals surface area contributed by atoms with E-state index < -0.39 is 0 Å². The molecule has 7 heteroatoms. The van der Waals surface area contributed by atoms with Gasteiger partial charge < -0.3 is 9.64 Å². The van der Waals surface area contributed by atoms with Crippen LogP contribution in [-0.4, -0.2) is 72.5 Å². The molecule has 3 aromatic rings. The van der Waals surface area contributed by atoms with Crippen LogP contribution in [0.15, 0.2) is 47.1 Å². The van der Waals surface area contributed by atoms with Crippen LogP contribution in [0.4, 0.5) is 5.69 Å². The Hall–Kier alpha value is -2.64. The van der Waals surface area contributed by atoms with Gasteiger partial charge in [-0.2, -0.15) is 0 Å². The van der Waals surface area contributed by atoms with E-state index in [4.69, 9.17) is 9.37 Å². The van der Waals surface area contributed by atoms with Crippen molar-refractivity contribution in [3.63, 3.8) is 0 Å². The Morgan fingerprint density at radius 2 is 1.87 bits per heavy atom. The van der Waals surface area contributed by atoms with Crippen molar-refractivity contribution in [2.24, 2.45) is 0 Å². The van der Waals surface area contributed by atoms with Gasteiger partial charge in [0.05, 0.1) is 12.8 Å². The molecule has 1 unspecified atom stereocenters. The van der Waals surface area contributed by atoms with Crippen molar-refractivity contribution in [3.05, 3.63) is 48.0 Å². The summed E-state index contributed by atoms with van der Waals surface area (Å²) >= 11 is 0. The number of ether oxygens (including phenoxy) is 1. The number of fused-ring (bicyclic) bond motifs is 1. The molecule has 3 heterocycles. The fourth-order valence-electron chi connectivity index (χ4n) is 4.92. The monoisotopic (exact) mass is 407 g/mol. The van der Waals surface area contributed by atoms with Crippen LogP contribution in [0.3, 0.4) is 0 Å². The van der Waals surface area contributed by atoms with Crippen molar-refractivity contribution in [1.29, 1.82) is 0 Å². The number of benzene rings is 2. The van der Waals surface area contributed by atoms with E-state index in [1.165, 1.54) is 24.1 Å². The van der Waals surface area contributed by atoms with Crippen molar-refractivity contribution in [3.8, 4) is 5.75 Å². The summed E-state index contributed by atoms with van der Waals surface area (Å²) in [6, 6.07) is 15.1. The molecule has 0 N–H and O–H groups in total. The van der Waals surface area contributed by atoms with Gasteiger partial charge in [-0.25, -0.2) is 4.63 Å². The Bertz CT molecular complexity index is 982. The Morgan fingerprint density at radius 3 is 2.73 bits per heavy atom. The molecule has 0 saturated carbocycles. The number of hydrogen-bond acceptors (Lipinski definition) is 7. The lowest BCUT2D eigenvalue weighted by molar-refractivity contribution is 0.0888. The highest BCUT2D eigenvalue weighted by molar-refractivity contribution is 5.76. The maximum atomic E-state index is 5.56. The van der Waals surface area contributed by atoms with Crippen molar-refractivity contribution in [2.75, 3.05) is 51.3 Å². The molecule has 30 heavy (non-hydrogen) atoms. The van der Waals surface area contributed by atoms with Crippen LogP contribution in [0.25, 0.3) is 11.0 Å². The molecule has 2 aliphatic rings. The van der Waals surface area contributed by atoms with Gasteiger partial charge in [-0.15, -0.1) is 0 Å². The molecule has 2 aliphatic heterocycles. The van der Waals surface area contributed by atoms with E-state index in [0.717, 1.165) is 62.6 Å². The molecule has 1 atom stereocenters. The minimum Gasteiger partial charge on any atom is -0.495 e. The smallest absolute Gasteiger partial charge is 0.142 e. The van der Waals surface area contributed by atoms with Gasteiger partial charge in [0, 0.05) is 45.3 Å². The van der Waals surface area contributed by atoms with Crippen LogP contribution in [0, 0.1) is 0 Å². The maximum absolute atomic E-state index is 5.56. The fourth-order valence-corrected chi connectivity index (χ4v) is 4.92. The highest BCUT2D eigenvalue weighted by atomic mass is 16.6. The third-order valence-corrected chi connectivity index (χ3v) is 6.50. The van der Waals surface area contributed by atoms with E-state index in [1.807, 2.05) is 24.3 Å². The molecule has 158 valence electrons. The molecular weight excluding hydrogens is 378 g/mol. The zero-order chi connectivity index (χ0) is 20.3. The van der Waals surface area contributed by atoms with Crippen molar-refractivity contribution >= 4 is 16.7 Å². The largest absolute Gasteiger partial charge is 0.495 e. The average molecular weight is 408 g/mol. The Balaban J connectivity index is 1.20. The molecule has 2 saturated heterocycles. The minimum atomic E-state index is 0.619. The van der Waals surface area contributed by atoms with Crippen LogP contribution in [0.1, 0.15) is 18.4 Å². The van der Waals surface area contributed by atoms with Crippen molar-refractivity contribution < 1.29 is 9.37 Å². The second-order valence-electron chi connectivity index (χ2n) is 8.28. The predicted octanol–water partition coefficient (Wildman–Crippen LogP) is 3.02. The van der Waals surface area contributed by atoms with Gasteiger partial charge in [-0.05, 0) is 53.5 Å². The number of para-hydroxylation sites is 2. The van der Waals surface area contributed by atoms with E-state index in [1.54, 1.807) is 7.11 Å². The molecule has 0 spiro atoms. The second-order valence-corrected chi connectivity index (χ2v) is 8.28. The summed E-state index contributed by atoms with van der Waals surface area (Å²) in [7, 11) is 1.75. The maximum Gasteiger partial charge on any atom is 0.142 e. The summed E-state index contributed by atoms with van der Waals surface area (Å²) in [5.41, 5.74) is 4.15. The number of aromatic nitrogens is 2. The lowest BCUT2D eigenvalue weighted by Gasteiger charge is -2.44. The van der Waals surface area contributed by atoms with Gasteiger partial charge in [-0.1, -0.05) is 24.3 Å². The Kier molecular flexibility index (Phi) is 5.55. The first-order valence-electron chi connectivity index (χ1n) is 10.9. The summed E-state index contributed by atoms with van der Waals surface area (Å²) in [4.78, 5) is 7.69. The molecule has 0 radical (unpaired) electrons. The molecule has 0 aliphatic carbocycles. The number of anilines is 1. The van der Waals surface area contributed by atoms with E-state index in [-0.39, 0.29) is 0 Å². The summed E-state index contributed by atoms with van der Waals surface area (Å²) in [5, 5.41) is 8.08. The summed E-state index contributed by atoms with van der Waals surface area (Å²) in [6.45, 7) is 7.43. The van der Waals surface area contributed by atoms with E-state index in [2.05, 4.69) is 43.2 Å². The number of hydrogen-bond donors (Lipinski definition) is 0. The lowest BCUT2D eigenvalue weighted by atomic mass is 10.0. The van der Waals surface area contributed by atoms with Gasteiger partial charge in [0.2, 0.25) is 0 Å². The van der Waals surface area contributed by atoms with Crippen LogP contribution in [0.5, 0.6) is 5.75 Å². The first-order valence-corrected chi connectivity index (χ1v) is 10.9. The number of nitrogens with zero attached hydrogens (tertiary/aromatic N) is 5. The van der Waals surface area contributed by atoms with Gasteiger partial charge in [-0.3, -0.25) is 9.80 Å². The number of rotatable bonds is 5. The minimum absolute atomic E-state index is 0.619. The molecule has 2 aromatic carbocycles. The molecule has 7 nitrogen and oxygen atoms in total. The summed E-state index contributed by atoms with van der Waals surface area (Å²) < 4.78 is 10.5. The summed E-state index contributed by atoms with van der Waals surface area (Å²) in [5.74, 6) is 0.964. The van der Waals surface area contributed by atoms with E-state index in [9.17, 15) is 0 Å². The predicted molar refractivity (Wildman–Crippen MR) is 117 cm³/mol. The molecule has 1 aromatic heterocycles. The van der Waals surface area contributed by atoms with E-state index in [0.29, 0.717) is 6.04 Å². The van der Waals surface area contributed by atoms with Gasteiger partial charge in [0.1, 0.15) is 16.8 Å². The van der Waals surface area contributed by atoms with E-state index >= 15 is 0 Å². The topological polar surface area (TPSA) is 57.9 Å². The van der Waals surface area contributed by atoms with Crippen molar-refractivity contribution in [1.82, 2.24) is 20.1 Å². The molecular formula is C23H29N5O2. The van der Waals surface area contributed by atoms with Crippen LogP contribution >= 0.6 is 0 Å². The average Bonchev–Trinajstić information content (AvgIpc) is 3.29. The molecule has 5 rings (SSSR count). The van der Waals surface area contributed by atoms with Gasteiger partial charge >= 0.3 is 0 Å². The zero-order valence-electron chi connectivity index (χ0n) is 17.5. The summed E-state index contributed by atoms with van der Waals surface area (Å²) in [6.07, 6.45) is 2.52. The normalized spacial score (nSPS) is 21.2. The number of piperazine rings is 1. The first-order chi connectivity index (χ1) is 14.8. The zero-order valence-corrected chi connectivity index (χ0v) is 17.5. The highest BCUT2D eigenvalue weighted by Gasteiger charge is 2.29. The third kappa shape index (κ3) is 3.87. The standard InChI is InChI=1S/C23H29N5O2/c1-29-22-10-3-2-9-21(22)28-14-12-27(13-15-28)19-7-5-11-26(17-19)16-18-6-4-8-20-23(18)25-30-24-20/h2-4,6,8-10,19H,5,7,11-17H2,1H3. The Morgan fingerprint density at radius 1 is 1.00 bits per heavy atom. The SMILES string of the molecule is COc1ccccc1N1CCN(C2CCCN(Cc3cccc4nonc34)C2)CC1. The lowest BCUT2D eigenvalue weighted by Crippen LogP contribution is -2.55. The number of piperidine rings is 1. The van der Waals surface area contributed by atoms with Crippen LogP contribution in [-0.2, 0) is 6.54 Å². The molecule has 0 bridgehead atoms. The van der Waals surface area contributed by atoms with Gasteiger partial charge in [0.15, 0.2) is 0 Å². The van der Waals surface area contributed by atoms with Crippen LogP contribution < -0.4 is 9.64 Å². The Labute approximate surface area is 177 Å². The fraction of sp³-hybridized carbons (Fsp3) is 0.478. The molecule has 0 amide bonds. The molecule has 2 fully saturated rings. The van der Waals surface area contributed by atoms with Crippen molar-refractivity contribution in [2.45, 2.75) is 25.4 Å². The first kappa shape index (κ1) is 19.3. The van der Waals surface area contributed by atoms with Crippen LogP contribution in [0.2, 0.25) is 0 Å². The quantitative estimate of drug-likeness (QED) is 0.644. The second kappa shape index (κ2) is 8.62. The van der Waals surface area contributed by atoms with Gasteiger partial charge in [0.25, 0.3) is 0 Å². The number of methoxy groups -OCH3 is 1.